The Morgan fingerprint density at radius 3 is 2.39 bits per heavy atom. The van der Waals surface area contributed by atoms with Gasteiger partial charge in [0.25, 0.3) is 5.91 Å². The molecule has 0 atom stereocenters. The lowest BCUT2D eigenvalue weighted by Gasteiger charge is -2.11. The van der Waals surface area contributed by atoms with Crippen molar-refractivity contribution in [2.45, 2.75) is 20.8 Å². The molecule has 0 bridgehead atoms. The summed E-state index contributed by atoms with van der Waals surface area (Å²) in [5.41, 5.74) is 4.74. The standard InChI is InChI=1S/C21H21N3O4/c1-12-5-8-19(27-4)18(9-12)24-20(25)11-28-21(26)15-6-7-16-17(10-15)23-14(3)13(2)22-16/h5-10H,11H2,1-4H3,(H,24,25). The van der Waals surface area contributed by atoms with Gasteiger partial charge in [-0.3, -0.25) is 4.79 Å². The summed E-state index contributed by atoms with van der Waals surface area (Å²) in [5.74, 6) is -0.526. The van der Waals surface area contributed by atoms with E-state index >= 15 is 0 Å². The molecule has 3 aromatic rings. The van der Waals surface area contributed by atoms with Crippen LogP contribution in [0.4, 0.5) is 5.69 Å². The number of aryl methyl sites for hydroxylation is 3. The second-order valence-corrected chi connectivity index (χ2v) is 6.43. The minimum Gasteiger partial charge on any atom is -0.495 e. The number of rotatable bonds is 5. The third-order valence-electron chi connectivity index (χ3n) is 4.27. The molecule has 0 saturated heterocycles. The second kappa shape index (κ2) is 8.04. The summed E-state index contributed by atoms with van der Waals surface area (Å²) in [7, 11) is 1.52. The fraction of sp³-hybridized carbons (Fsp3) is 0.238. The average molecular weight is 379 g/mol. The van der Waals surface area contributed by atoms with E-state index in [0.29, 0.717) is 28.0 Å². The average Bonchev–Trinajstić information content (AvgIpc) is 2.67. The number of carbonyl (C=O) groups is 2. The van der Waals surface area contributed by atoms with Crippen molar-refractivity contribution in [1.29, 1.82) is 0 Å². The zero-order valence-electron chi connectivity index (χ0n) is 16.2. The number of anilines is 1. The lowest BCUT2D eigenvalue weighted by Crippen LogP contribution is -2.21. The van der Waals surface area contributed by atoms with Crippen molar-refractivity contribution in [3.05, 3.63) is 58.9 Å². The third-order valence-corrected chi connectivity index (χ3v) is 4.27. The molecule has 0 unspecified atom stereocenters. The van der Waals surface area contributed by atoms with Crippen LogP contribution < -0.4 is 10.1 Å². The molecule has 144 valence electrons. The molecular weight excluding hydrogens is 358 g/mol. The number of amides is 1. The second-order valence-electron chi connectivity index (χ2n) is 6.43. The Morgan fingerprint density at radius 1 is 0.964 bits per heavy atom. The number of nitrogens with zero attached hydrogens (tertiary/aromatic N) is 2. The highest BCUT2D eigenvalue weighted by Gasteiger charge is 2.14. The van der Waals surface area contributed by atoms with E-state index in [1.165, 1.54) is 7.11 Å². The number of esters is 1. The first kappa shape index (κ1) is 19.3. The van der Waals surface area contributed by atoms with Gasteiger partial charge in [0, 0.05) is 0 Å². The Bertz CT molecular complexity index is 1060. The molecule has 1 aromatic heterocycles. The lowest BCUT2D eigenvalue weighted by atomic mass is 10.2. The van der Waals surface area contributed by atoms with Crippen LogP contribution in [0.5, 0.6) is 5.75 Å². The first-order valence-electron chi connectivity index (χ1n) is 8.74. The molecule has 1 N–H and O–H groups in total. The predicted octanol–water partition coefficient (Wildman–Crippen LogP) is 3.36. The van der Waals surface area contributed by atoms with Crippen LogP contribution in [0.3, 0.4) is 0 Å². The number of aromatic nitrogens is 2. The number of hydrogen-bond donors (Lipinski definition) is 1. The molecule has 0 aliphatic carbocycles. The van der Waals surface area contributed by atoms with Crippen LogP contribution in [-0.4, -0.2) is 35.6 Å². The number of benzene rings is 2. The van der Waals surface area contributed by atoms with Crippen LogP contribution in [0.15, 0.2) is 36.4 Å². The largest absolute Gasteiger partial charge is 0.495 e. The summed E-state index contributed by atoms with van der Waals surface area (Å²) in [5, 5.41) is 2.69. The molecule has 7 nitrogen and oxygen atoms in total. The Kier molecular flexibility index (Phi) is 5.54. The van der Waals surface area contributed by atoms with Crippen LogP contribution >= 0.6 is 0 Å². The SMILES string of the molecule is COc1ccc(C)cc1NC(=O)COC(=O)c1ccc2nc(C)c(C)nc2c1. The van der Waals surface area contributed by atoms with E-state index in [1.807, 2.05) is 26.8 Å². The quantitative estimate of drug-likeness (QED) is 0.684. The van der Waals surface area contributed by atoms with E-state index < -0.39 is 18.5 Å². The van der Waals surface area contributed by atoms with E-state index in [0.717, 1.165) is 17.0 Å². The molecule has 0 radical (unpaired) electrons. The summed E-state index contributed by atoms with van der Waals surface area (Å²) in [4.78, 5) is 33.3. The van der Waals surface area contributed by atoms with Crippen molar-refractivity contribution in [1.82, 2.24) is 9.97 Å². The predicted molar refractivity (Wildman–Crippen MR) is 106 cm³/mol. The van der Waals surface area contributed by atoms with E-state index in [-0.39, 0.29) is 0 Å². The Labute approximate surface area is 162 Å². The molecule has 3 rings (SSSR count). The smallest absolute Gasteiger partial charge is 0.338 e. The number of carbonyl (C=O) groups excluding carboxylic acids is 2. The van der Waals surface area contributed by atoms with Crippen molar-refractivity contribution in [3.63, 3.8) is 0 Å². The number of hydrogen-bond acceptors (Lipinski definition) is 6. The van der Waals surface area contributed by atoms with Crippen molar-refractivity contribution in [2.24, 2.45) is 0 Å². The summed E-state index contributed by atoms with van der Waals surface area (Å²) < 4.78 is 10.3. The molecule has 0 spiro atoms. The highest BCUT2D eigenvalue weighted by atomic mass is 16.5. The molecule has 0 aliphatic heterocycles. The molecule has 7 heteroatoms. The van der Waals surface area contributed by atoms with Gasteiger partial charge in [0.05, 0.1) is 40.8 Å². The fourth-order valence-electron chi connectivity index (χ4n) is 2.68. The van der Waals surface area contributed by atoms with Crippen LogP contribution in [0.1, 0.15) is 27.3 Å². The maximum Gasteiger partial charge on any atom is 0.338 e. The van der Waals surface area contributed by atoms with Crippen LogP contribution in [-0.2, 0) is 9.53 Å². The Morgan fingerprint density at radius 2 is 1.68 bits per heavy atom. The first-order chi connectivity index (χ1) is 13.4. The van der Waals surface area contributed by atoms with Gasteiger partial charge in [0.1, 0.15) is 5.75 Å². The molecule has 28 heavy (non-hydrogen) atoms. The molecular formula is C21H21N3O4. The minimum absolute atomic E-state index is 0.311. The van der Waals surface area contributed by atoms with Gasteiger partial charge in [0.2, 0.25) is 0 Å². The summed E-state index contributed by atoms with van der Waals surface area (Å²) >= 11 is 0. The molecule has 1 amide bonds. The zero-order valence-corrected chi connectivity index (χ0v) is 16.2. The van der Waals surface area contributed by atoms with E-state index in [2.05, 4.69) is 15.3 Å². The number of nitrogens with one attached hydrogen (secondary N) is 1. The van der Waals surface area contributed by atoms with Gasteiger partial charge in [-0.2, -0.15) is 0 Å². The Balaban J connectivity index is 1.67. The highest BCUT2D eigenvalue weighted by Crippen LogP contribution is 2.25. The molecule has 0 saturated carbocycles. The molecule has 0 fully saturated rings. The Hall–Kier alpha value is -3.48. The van der Waals surface area contributed by atoms with Gasteiger partial charge in [-0.15, -0.1) is 0 Å². The maximum atomic E-state index is 12.3. The van der Waals surface area contributed by atoms with Gasteiger partial charge in [-0.25, -0.2) is 14.8 Å². The molecule has 1 heterocycles. The van der Waals surface area contributed by atoms with E-state index in [1.54, 1.807) is 30.3 Å². The number of ether oxygens (including phenoxy) is 2. The lowest BCUT2D eigenvalue weighted by molar-refractivity contribution is -0.119. The van der Waals surface area contributed by atoms with E-state index in [4.69, 9.17) is 9.47 Å². The maximum absolute atomic E-state index is 12.3. The van der Waals surface area contributed by atoms with Crippen molar-refractivity contribution in [2.75, 3.05) is 19.0 Å². The van der Waals surface area contributed by atoms with Crippen molar-refractivity contribution >= 4 is 28.6 Å². The van der Waals surface area contributed by atoms with Crippen LogP contribution in [0, 0.1) is 20.8 Å². The number of methoxy groups -OCH3 is 1. The van der Waals surface area contributed by atoms with Gasteiger partial charge in [-0.1, -0.05) is 6.07 Å². The van der Waals surface area contributed by atoms with E-state index in [9.17, 15) is 9.59 Å². The molecule has 0 aliphatic rings. The van der Waals surface area contributed by atoms with Gasteiger partial charge >= 0.3 is 5.97 Å². The summed E-state index contributed by atoms with van der Waals surface area (Å²) in [6, 6.07) is 10.3. The summed E-state index contributed by atoms with van der Waals surface area (Å²) in [6.07, 6.45) is 0. The zero-order chi connectivity index (χ0) is 20.3. The van der Waals surface area contributed by atoms with Gasteiger partial charge < -0.3 is 14.8 Å². The van der Waals surface area contributed by atoms with Crippen molar-refractivity contribution < 1.29 is 19.1 Å². The monoisotopic (exact) mass is 379 g/mol. The summed E-state index contributed by atoms with van der Waals surface area (Å²) in [6.45, 7) is 5.23. The normalized spacial score (nSPS) is 10.6. The van der Waals surface area contributed by atoms with Crippen LogP contribution in [0.25, 0.3) is 11.0 Å². The topological polar surface area (TPSA) is 90.4 Å². The highest BCUT2D eigenvalue weighted by molar-refractivity contribution is 5.97. The van der Waals surface area contributed by atoms with Crippen molar-refractivity contribution in [3.8, 4) is 5.75 Å². The van der Waals surface area contributed by atoms with Crippen LogP contribution in [0.2, 0.25) is 0 Å². The van der Waals surface area contributed by atoms with Gasteiger partial charge in [0.15, 0.2) is 6.61 Å². The number of fused-ring (bicyclic) bond motifs is 1. The minimum atomic E-state index is -0.603. The fourth-order valence-corrected chi connectivity index (χ4v) is 2.68. The van der Waals surface area contributed by atoms with Gasteiger partial charge in [-0.05, 0) is 56.7 Å². The third kappa shape index (κ3) is 4.25. The molecule has 2 aromatic carbocycles. The first-order valence-corrected chi connectivity index (χ1v) is 8.74.